The molecule has 3 aromatic rings. The smallest absolute Gasteiger partial charge is 0.276 e. The summed E-state index contributed by atoms with van der Waals surface area (Å²) in [4.78, 5) is 23.4. The van der Waals surface area contributed by atoms with Crippen molar-refractivity contribution in [3.8, 4) is 0 Å². The van der Waals surface area contributed by atoms with Gasteiger partial charge in [-0.1, -0.05) is 5.16 Å². The van der Waals surface area contributed by atoms with Crippen molar-refractivity contribution < 1.29 is 14.4 Å². The van der Waals surface area contributed by atoms with E-state index >= 15 is 0 Å². The highest BCUT2D eigenvalue weighted by Crippen LogP contribution is 2.28. The van der Waals surface area contributed by atoms with Crippen molar-refractivity contribution in [1.82, 2.24) is 29.8 Å². The lowest BCUT2D eigenvalue weighted by molar-refractivity contribution is 0.0694. The number of carbonyl (C=O) groups is 1. The fourth-order valence-corrected chi connectivity index (χ4v) is 3.74. The van der Waals surface area contributed by atoms with Crippen LogP contribution in [0.5, 0.6) is 0 Å². The summed E-state index contributed by atoms with van der Waals surface area (Å²) in [5, 5.41) is 17.8. The molecule has 1 atom stereocenters. The van der Waals surface area contributed by atoms with Crippen molar-refractivity contribution in [3.63, 3.8) is 0 Å². The highest BCUT2D eigenvalue weighted by atomic mass is 16.5. The van der Waals surface area contributed by atoms with Gasteiger partial charge in [-0.05, 0) is 32.3 Å². The van der Waals surface area contributed by atoms with Crippen LogP contribution in [0.3, 0.4) is 0 Å². The van der Waals surface area contributed by atoms with Crippen molar-refractivity contribution in [2.45, 2.75) is 45.8 Å². The Bertz CT molecular complexity index is 1010. The highest BCUT2D eigenvalue weighted by molar-refractivity contribution is 5.92. The summed E-state index contributed by atoms with van der Waals surface area (Å²) >= 11 is 0. The quantitative estimate of drug-likeness (QED) is 0.700. The number of aromatic nitrogens is 5. The standard InChI is InChI=1S/C20H24N6O3/c1-13-7-22-26(9-13)11-17-6-18(24-29-17)20(28)25-5-3-4-15(10-25)19-16(12-27)8-21-14(2)23-19/h6-9,15,27H,3-5,10-12H2,1-2H3. The Balaban J connectivity index is 1.47. The molecule has 9 heteroatoms. The van der Waals surface area contributed by atoms with Gasteiger partial charge in [0.2, 0.25) is 0 Å². The number of hydrogen-bond acceptors (Lipinski definition) is 7. The predicted octanol–water partition coefficient (Wildman–Crippen LogP) is 1.84. The van der Waals surface area contributed by atoms with Crippen LogP contribution in [0, 0.1) is 13.8 Å². The summed E-state index contributed by atoms with van der Waals surface area (Å²) in [6.07, 6.45) is 7.12. The highest BCUT2D eigenvalue weighted by Gasteiger charge is 2.29. The van der Waals surface area contributed by atoms with Gasteiger partial charge >= 0.3 is 0 Å². The zero-order valence-corrected chi connectivity index (χ0v) is 16.6. The minimum absolute atomic E-state index is 0.0648. The third kappa shape index (κ3) is 4.19. The molecule has 4 heterocycles. The van der Waals surface area contributed by atoms with E-state index in [-0.39, 0.29) is 18.4 Å². The summed E-state index contributed by atoms with van der Waals surface area (Å²) < 4.78 is 7.09. The second kappa shape index (κ2) is 8.12. The molecular weight excluding hydrogens is 372 g/mol. The third-order valence-corrected chi connectivity index (χ3v) is 5.14. The lowest BCUT2D eigenvalue weighted by atomic mass is 9.92. The molecule has 1 aliphatic heterocycles. The number of rotatable bonds is 5. The molecule has 0 spiro atoms. The molecule has 152 valence electrons. The number of hydrogen-bond donors (Lipinski definition) is 1. The summed E-state index contributed by atoms with van der Waals surface area (Å²) in [7, 11) is 0. The van der Waals surface area contributed by atoms with Crippen LogP contribution in [0.4, 0.5) is 0 Å². The van der Waals surface area contributed by atoms with Gasteiger partial charge in [-0.3, -0.25) is 9.48 Å². The molecule has 0 aromatic carbocycles. The van der Waals surface area contributed by atoms with Gasteiger partial charge in [-0.15, -0.1) is 0 Å². The van der Waals surface area contributed by atoms with Crippen molar-refractivity contribution in [3.05, 3.63) is 58.8 Å². The third-order valence-electron chi connectivity index (χ3n) is 5.14. The SMILES string of the molecule is Cc1cnn(Cc2cc(C(=O)N3CCCC(c4nc(C)ncc4CO)C3)no2)c1. The number of amides is 1. The average molecular weight is 396 g/mol. The first-order valence-electron chi connectivity index (χ1n) is 9.70. The number of carbonyl (C=O) groups excluding carboxylic acids is 1. The van der Waals surface area contributed by atoms with Crippen LogP contribution in [0.2, 0.25) is 0 Å². The largest absolute Gasteiger partial charge is 0.392 e. The number of aliphatic hydroxyl groups excluding tert-OH is 1. The maximum Gasteiger partial charge on any atom is 0.276 e. The van der Waals surface area contributed by atoms with E-state index in [0.29, 0.717) is 42.5 Å². The molecule has 1 amide bonds. The zero-order valence-electron chi connectivity index (χ0n) is 16.6. The topological polar surface area (TPSA) is 110 Å². The van der Waals surface area contributed by atoms with Crippen molar-refractivity contribution in [1.29, 1.82) is 0 Å². The Labute approximate surface area is 168 Å². The number of aryl methyl sites for hydroxylation is 2. The summed E-state index contributed by atoms with van der Waals surface area (Å²) in [6.45, 7) is 5.30. The normalized spacial score (nSPS) is 16.9. The van der Waals surface area contributed by atoms with E-state index in [0.717, 1.165) is 24.1 Å². The molecule has 3 aromatic heterocycles. The van der Waals surface area contributed by atoms with Gasteiger partial charge in [0.05, 0.1) is 18.5 Å². The molecule has 1 unspecified atom stereocenters. The van der Waals surface area contributed by atoms with Crippen LogP contribution in [0.25, 0.3) is 0 Å². The first-order valence-corrected chi connectivity index (χ1v) is 9.70. The van der Waals surface area contributed by atoms with Gasteiger partial charge in [-0.25, -0.2) is 9.97 Å². The number of piperidine rings is 1. The maximum atomic E-state index is 13.0. The molecule has 4 rings (SSSR count). The minimum Gasteiger partial charge on any atom is -0.392 e. The second-order valence-corrected chi connectivity index (χ2v) is 7.47. The number of aliphatic hydroxyl groups is 1. The van der Waals surface area contributed by atoms with Crippen LogP contribution in [-0.4, -0.2) is 53.9 Å². The van der Waals surface area contributed by atoms with E-state index in [1.165, 1.54) is 0 Å². The summed E-state index contributed by atoms with van der Waals surface area (Å²) in [5.74, 6) is 1.15. The summed E-state index contributed by atoms with van der Waals surface area (Å²) in [6, 6.07) is 1.68. The van der Waals surface area contributed by atoms with Crippen LogP contribution in [0.1, 0.15) is 57.7 Å². The molecule has 0 aliphatic carbocycles. The second-order valence-electron chi connectivity index (χ2n) is 7.47. The van der Waals surface area contributed by atoms with Crippen molar-refractivity contribution in [2.24, 2.45) is 0 Å². The van der Waals surface area contributed by atoms with E-state index in [2.05, 4.69) is 20.2 Å². The summed E-state index contributed by atoms with van der Waals surface area (Å²) in [5.41, 5.74) is 2.90. The minimum atomic E-state index is -0.155. The maximum absolute atomic E-state index is 13.0. The lowest BCUT2D eigenvalue weighted by Gasteiger charge is -2.32. The van der Waals surface area contributed by atoms with Crippen molar-refractivity contribution >= 4 is 5.91 Å². The average Bonchev–Trinajstić information content (AvgIpc) is 3.36. The first-order chi connectivity index (χ1) is 14.0. The predicted molar refractivity (Wildman–Crippen MR) is 103 cm³/mol. The molecule has 0 saturated carbocycles. The first kappa shape index (κ1) is 19.3. The molecule has 1 aliphatic rings. The van der Waals surface area contributed by atoms with E-state index in [4.69, 9.17) is 4.52 Å². The molecule has 9 nitrogen and oxygen atoms in total. The van der Waals surface area contributed by atoms with Gasteiger partial charge in [0.1, 0.15) is 12.4 Å². The Morgan fingerprint density at radius 2 is 2.21 bits per heavy atom. The molecular formula is C20H24N6O3. The lowest BCUT2D eigenvalue weighted by Crippen LogP contribution is -2.39. The van der Waals surface area contributed by atoms with Crippen LogP contribution < -0.4 is 0 Å². The number of likely N-dealkylation sites (tertiary alicyclic amines) is 1. The molecule has 0 bridgehead atoms. The molecule has 29 heavy (non-hydrogen) atoms. The van der Waals surface area contributed by atoms with E-state index in [9.17, 15) is 9.90 Å². The molecule has 1 saturated heterocycles. The Hall–Kier alpha value is -3.07. The Kier molecular flexibility index (Phi) is 5.39. The van der Waals surface area contributed by atoms with Gasteiger partial charge in [0.25, 0.3) is 5.91 Å². The monoisotopic (exact) mass is 396 g/mol. The van der Waals surface area contributed by atoms with Gasteiger partial charge in [0, 0.05) is 43.0 Å². The van der Waals surface area contributed by atoms with E-state index in [1.54, 1.807) is 28.0 Å². The Morgan fingerprint density at radius 3 is 2.97 bits per heavy atom. The number of nitrogens with zero attached hydrogens (tertiary/aromatic N) is 6. The van der Waals surface area contributed by atoms with Gasteiger partial charge in [-0.2, -0.15) is 5.10 Å². The van der Waals surface area contributed by atoms with Crippen molar-refractivity contribution in [2.75, 3.05) is 13.1 Å². The Morgan fingerprint density at radius 1 is 1.34 bits per heavy atom. The van der Waals surface area contributed by atoms with E-state index in [1.807, 2.05) is 20.0 Å². The molecule has 1 fully saturated rings. The van der Waals surface area contributed by atoms with Gasteiger partial charge < -0.3 is 14.5 Å². The molecule has 1 N–H and O–H groups in total. The fourth-order valence-electron chi connectivity index (χ4n) is 3.74. The fraction of sp³-hybridized carbons (Fsp3) is 0.450. The van der Waals surface area contributed by atoms with Crippen LogP contribution in [0.15, 0.2) is 29.2 Å². The van der Waals surface area contributed by atoms with Crippen LogP contribution >= 0.6 is 0 Å². The zero-order chi connectivity index (χ0) is 20.4. The van der Waals surface area contributed by atoms with Crippen LogP contribution in [-0.2, 0) is 13.2 Å². The van der Waals surface area contributed by atoms with E-state index < -0.39 is 0 Å². The molecule has 0 radical (unpaired) electrons. The van der Waals surface area contributed by atoms with Gasteiger partial charge in [0.15, 0.2) is 11.5 Å².